The minimum Gasteiger partial charge on any atom is -0.405 e. The van der Waals surface area contributed by atoms with Crippen LogP contribution in [0, 0.1) is 0 Å². The van der Waals surface area contributed by atoms with E-state index in [1.54, 1.807) is 33.8 Å². The molecule has 1 unspecified atom stereocenters. The zero-order chi connectivity index (χ0) is 70.7. The smallest absolute Gasteiger partial charge is 0.261 e. The van der Waals surface area contributed by atoms with Crippen LogP contribution in [-0.4, -0.2) is 136 Å². The summed E-state index contributed by atoms with van der Waals surface area (Å²) >= 11 is 0. The highest BCUT2D eigenvalue weighted by Crippen LogP contribution is 2.48. The molecule has 5 aliphatic heterocycles. The van der Waals surface area contributed by atoms with E-state index in [1.807, 2.05) is 218 Å². The van der Waals surface area contributed by atoms with E-state index >= 15 is 4.79 Å². The Morgan fingerprint density at radius 2 is 0.873 bits per heavy atom. The summed E-state index contributed by atoms with van der Waals surface area (Å²) in [7, 11) is -3.36. The Kier molecular flexibility index (Phi) is 23.5. The van der Waals surface area contributed by atoms with Gasteiger partial charge in [-0.15, -0.1) is 0 Å². The number of ether oxygens (including phenoxy) is 14. The zero-order valence-electron chi connectivity index (χ0n) is 59.0. The molecule has 1 N–H and O–H groups in total. The maximum atomic E-state index is 15.4. The summed E-state index contributed by atoms with van der Waals surface area (Å²) in [6.45, 7) is 13.9. The number of carbonyl (C=O) groups excluding carboxylic acids is 1. The molecule has 5 saturated heterocycles. The van der Waals surface area contributed by atoms with E-state index in [1.165, 1.54) is 6.08 Å². The summed E-state index contributed by atoms with van der Waals surface area (Å²) in [6.07, 6.45) is -12.6. The molecular formula is C84H94O17Si. The maximum Gasteiger partial charge on any atom is 0.261 e. The first kappa shape index (κ1) is 73.1. The van der Waals surface area contributed by atoms with Crippen molar-refractivity contribution in [1.82, 2.24) is 0 Å². The molecule has 8 aromatic rings. The number of hydrogen-bond donors (Lipinski definition) is 1. The van der Waals surface area contributed by atoms with Crippen molar-refractivity contribution < 1.29 is 80.6 Å². The molecule has 0 aromatic heterocycles. The van der Waals surface area contributed by atoms with Crippen molar-refractivity contribution in [2.24, 2.45) is 0 Å². The van der Waals surface area contributed by atoms with Crippen molar-refractivity contribution in [2.45, 2.75) is 196 Å². The summed E-state index contributed by atoms with van der Waals surface area (Å²) in [4.78, 5) is 15.4. The molecule has 0 bridgehead atoms. The number of carbonyl (C=O) groups is 1. The zero-order valence-corrected chi connectivity index (χ0v) is 60.0. The van der Waals surface area contributed by atoms with Gasteiger partial charge in [0.25, 0.3) is 8.32 Å². The van der Waals surface area contributed by atoms with E-state index in [9.17, 15) is 5.11 Å². The molecule has 5 heterocycles. The number of fused-ring (bicyclic) bond motifs is 3. The molecule has 8 aromatic carbocycles. The Morgan fingerprint density at radius 1 is 0.471 bits per heavy atom. The van der Waals surface area contributed by atoms with Crippen molar-refractivity contribution in [3.63, 3.8) is 0 Å². The van der Waals surface area contributed by atoms with E-state index in [2.05, 4.69) is 45.0 Å². The van der Waals surface area contributed by atoms with Gasteiger partial charge in [-0.2, -0.15) is 0 Å². The van der Waals surface area contributed by atoms with Gasteiger partial charge in [0.2, 0.25) is 5.79 Å². The molecule has 17 nitrogen and oxygen atoms in total. The summed E-state index contributed by atoms with van der Waals surface area (Å²) in [5.41, 5.74) is 5.13. The van der Waals surface area contributed by atoms with Crippen LogP contribution < -0.4 is 10.4 Å². The molecule has 0 aliphatic carbocycles. The highest BCUT2D eigenvalue weighted by molar-refractivity contribution is 6.99. The Hall–Kier alpha value is -7.25. The molecule has 0 radical (unpaired) electrons. The van der Waals surface area contributed by atoms with E-state index in [0.29, 0.717) is 0 Å². The van der Waals surface area contributed by atoms with Crippen LogP contribution in [-0.2, 0) is 115 Å². The van der Waals surface area contributed by atoms with Gasteiger partial charge in [0.05, 0.1) is 52.9 Å². The molecule has 0 saturated carbocycles. The van der Waals surface area contributed by atoms with Crippen molar-refractivity contribution >= 4 is 24.5 Å². The highest BCUT2D eigenvalue weighted by Gasteiger charge is 2.66. The van der Waals surface area contributed by atoms with Gasteiger partial charge in [0.15, 0.2) is 36.0 Å². The van der Waals surface area contributed by atoms with Crippen LogP contribution in [0.1, 0.15) is 81.8 Å². The van der Waals surface area contributed by atoms with Crippen LogP contribution in [0.5, 0.6) is 0 Å². The molecule has 102 heavy (non-hydrogen) atoms. The monoisotopic (exact) mass is 1400 g/mol. The fourth-order valence-corrected chi connectivity index (χ4v) is 19.1. The van der Waals surface area contributed by atoms with E-state index in [4.69, 9.17) is 70.7 Å². The number of hydrogen-bond acceptors (Lipinski definition) is 17. The lowest BCUT2D eigenvalue weighted by Crippen LogP contribution is -2.67. The van der Waals surface area contributed by atoms with Crippen LogP contribution in [0.3, 0.4) is 0 Å². The van der Waals surface area contributed by atoms with E-state index in [0.717, 1.165) is 43.8 Å². The summed E-state index contributed by atoms with van der Waals surface area (Å²) in [5.74, 6) is -4.89. The second-order valence-corrected chi connectivity index (χ2v) is 32.9. The number of aliphatic hydroxyl groups excluding tert-OH is 1. The number of rotatable bonds is 30. The fraction of sp³-hybridized carbons (Fsp3) is 0.393. The first-order valence-corrected chi connectivity index (χ1v) is 37.3. The molecular weight excluding hydrogens is 1310 g/mol. The van der Waals surface area contributed by atoms with Gasteiger partial charge >= 0.3 is 0 Å². The van der Waals surface area contributed by atoms with Crippen molar-refractivity contribution in [3.8, 4) is 0 Å². The largest absolute Gasteiger partial charge is 0.405 e. The topological polar surface area (TPSA) is 176 Å². The minimum absolute atomic E-state index is 0.0174. The Labute approximate surface area is 599 Å². The lowest BCUT2D eigenvalue weighted by atomic mass is 9.94. The van der Waals surface area contributed by atoms with E-state index in [-0.39, 0.29) is 52.9 Å². The highest BCUT2D eigenvalue weighted by atomic mass is 28.4. The summed E-state index contributed by atoms with van der Waals surface area (Å²) in [5, 5.41) is 15.5. The molecule has 18 heteroatoms. The van der Waals surface area contributed by atoms with Gasteiger partial charge in [0, 0.05) is 0 Å². The van der Waals surface area contributed by atoms with Crippen LogP contribution in [0.25, 0.3) is 0 Å². The predicted octanol–water partition coefficient (Wildman–Crippen LogP) is 12.4. The average Bonchev–Trinajstić information content (AvgIpc) is 1.38. The molecule has 15 atom stereocenters. The van der Waals surface area contributed by atoms with Gasteiger partial charge in [-0.05, 0) is 88.6 Å². The average molecular weight is 1400 g/mol. The third-order valence-electron chi connectivity index (χ3n) is 19.3. The first-order valence-electron chi connectivity index (χ1n) is 35.4. The second-order valence-electron chi connectivity index (χ2n) is 28.6. The molecule has 5 fully saturated rings. The molecule has 0 amide bonds. The van der Waals surface area contributed by atoms with Crippen LogP contribution in [0.15, 0.2) is 255 Å². The maximum absolute atomic E-state index is 15.4. The van der Waals surface area contributed by atoms with Gasteiger partial charge in [-0.25, -0.2) is 0 Å². The first-order chi connectivity index (χ1) is 49.4. The standard InChI is InChI=1S/C84H94O17Si/c1-81(2,3)102(64-44-28-14-29-45-64,65-46-30-15-31-47-65)93-56-68-72(89-52-60-36-20-10-21-37-60)78(92-55-63-42-26-13-27-43-63)84(96-68,69(86)57-87-50-58-32-16-8-17-33-58)101-79-76(91-54-62-40-24-12-25-41-62)73(90-53-61-38-22-11-23-39-61)71(88-51-59-34-18-9-19-35-59)67(94-79)49-48-66(85)70-74-75(98-82(4,5)97-74)77-80(95-70)100-83(6,7)99-77/h8-49,67-80,86H,50-57H2,1-7H3/b49-48+/t67-,68-,69?,70-,71-,72-,73+,74+,75+,76-,77-,78+,79-,80-,84+/m1/s1. The molecule has 5 aliphatic rings. The minimum atomic E-state index is -3.36. The third-order valence-corrected chi connectivity index (χ3v) is 24.3. The fourth-order valence-electron chi connectivity index (χ4n) is 14.5. The van der Waals surface area contributed by atoms with Crippen molar-refractivity contribution in [3.05, 3.63) is 288 Å². The van der Waals surface area contributed by atoms with Crippen molar-refractivity contribution in [1.29, 1.82) is 0 Å². The van der Waals surface area contributed by atoms with Crippen LogP contribution >= 0.6 is 0 Å². The SMILES string of the molecule is CC1(C)O[C@H]2[C@@H](O1)[C@@H](C(=O)/C=C/[C@H]1O[C@H](O[C@]3(C(O)COCc4ccccc4)O[C@H](CO[Si](c4ccccc4)(c4ccccc4)C(C)(C)C)[C@@H](OCc4ccccc4)[C@@H]3OCc3ccccc3)[C@H](OCc3ccccc3)[C@@H](OCc3ccccc3)[C@@H]1OCc1ccccc1)O[C@@H]1OC(C)(C)O[C@@H]12. The molecule has 536 valence electrons. The van der Waals surface area contributed by atoms with Gasteiger partial charge in [-0.1, -0.05) is 263 Å². The second kappa shape index (κ2) is 32.8. The van der Waals surface area contributed by atoms with Crippen LogP contribution in [0.4, 0.5) is 0 Å². The Bertz CT molecular complexity index is 3870. The predicted molar refractivity (Wildman–Crippen MR) is 385 cm³/mol. The van der Waals surface area contributed by atoms with Gasteiger partial charge < -0.3 is 75.8 Å². The van der Waals surface area contributed by atoms with E-state index < -0.39 is 122 Å². The van der Waals surface area contributed by atoms with Crippen molar-refractivity contribution in [2.75, 3.05) is 13.2 Å². The third kappa shape index (κ3) is 17.1. The molecule has 0 spiro atoms. The van der Waals surface area contributed by atoms with Gasteiger partial charge in [0.1, 0.15) is 67.1 Å². The Balaban J connectivity index is 0.968. The number of aliphatic hydroxyl groups is 1. The number of benzene rings is 8. The summed E-state index contributed by atoms with van der Waals surface area (Å²) in [6, 6.07) is 79.5. The quantitative estimate of drug-likeness (QED) is 0.0332. The lowest BCUT2D eigenvalue weighted by Gasteiger charge is -2.48. The normalized spacial score (nSPS) is 27.8. The molecule has 13 rings (SSSR count). The van der Waals surface area contributed by atoms with Crippen LogP contribution in [0.2, 0.25) is 5.04 Å². The van der Waals surface area contributed by atoms with Gasteiger partial charge in [-0.3, -0.25) is 4.79 Å². The Morgan fingerprint density at radius 3 is 1.35 bits per heavy atom. The number of ketones is 1. The summed E-state index contributed by atoms with van der Waals surface area (Å²) < 4.78 is 106. The lowest BCUT2D eigenvalue weighted by molar-refractivity contribution is -0.404.